The van der Waals surface area contributed by atoms with Gasteiger partial charge >= 0.3 is 6.03 Å². The molecule has 0 aromatic carbocycles. The summed E-state index contributed by atoms with van der Waals surface area (Å²) in [5, 5.41) is 17.9. The van der Waals surface area contributed by atoms with Crippen LogP contribution in [0.25, 0.3) is 11.0 Å². The first kappa shape index (κ1) is 16.2. The van der Waals surface area contributed by atoms with E-state index >= 15 is 0 Å². The van der Waals surface area contributed by atoms with Gasteiger partial charge in [0.15, 0.2) is 5.65 Å². The van der Waals surface area contributed by atoms with Crippen LogP contribution < -0.4 is 5.32 Å². The van der Waals surface area contributed by atoms with Crippen molar-refractivity contribution in [2.24, 2.45) is 7.05 Å². The molecule has 2 rings (SSSR count). The first-order chi connectivity index (χ1) is 10.2. The van der Waals surface area contributed by atoms with Crippen molar-refractivity contribution in [3.05, 3.63) is 18.0 Å². The molecular formula is C15H23N5O2. The molecule has 2 heterocycles. The van der Waals surface area contributed by atoms with Crippen LogP contribution >= 0.6 is 0 Å². The van der Waals surface area contributed by atoms with Crippen LogP contribution in [0.2, 0.25) is 0 Å². The molecule has 120 valence electrons. The molecule has 7 heteroatoms. The van der Waals surface area contributed by atoms with Gasteiger partial charge in [0.1, 0.15) is 0 Å². The number of hydrogen-bond acceptors (Lipinski definition) is 4. The fourth-order valence-corrected chi connectivity index (χ4v) is 2.37. The molecule has 2 aromatic rings. The average molecular weight is 305 g/mol. The second-order valence-corrected chi connectivity index (χ2v) is 6.06. The van der Waals surface area contributed by atoms with Crippen molar-refractivity contribution in [1.82, 2.24) is 19.7 Å². The highest BCUT2D eigenvalue weighted by Gasteiger charge is 2.21. The molecule has 0 aliphatic carbocycles. The lowest BCUT2D eigenvalue weighted by molar-refractivity contribution is 0.0501. The number of amides is 2. The van der Waals surface area contributed by atoms with Gasteiger partial charge in [-0.1, -0.05) is 0 Å². The number of aryl methyl sites for hydroxylation is 2. The van der Waals surface area contributed by atoms with Gasteiger partial charge in [0, 0.05) is 19.0 Å². The van der Waals surface area contributed by atoms with Gasteiger partial charge in [-0.05, 0) is 33.8 Å². The Bertz CT molecular complexity index is 687. The summed E-state index contributed by atoms with van der Waals surface area (Å²) in [6.45, 7) is 7.90. The van der Waals surface area contributed by atoms with E-state index in [9.17, 15) is 9.90 Å². The van der Waals surface area contributed by atoms with Crippen LogP contribution in [0.5, 0.6) is 0 Å². The van der Waals surface area contributed by atoms with E-state index in [0.717, 1.165) is 16.7 Å². The van der Waals surface area contributed by atoms with Crippen molar-refractivity contribution in [3.8, 4) is 0 Å². The molecule has 0 unspecified atom stereocenters. The lowest BCUT2D eigenvalue weighted by Crippen LogP contribution is -2.44. The Kier molecular flexibility index (Phi) is 4.37. The topological polar surface area (TPSA) is 83.3 Å². The number of carbonyl (C=O) groups excluding carboxylic acids is 1. The maximum absolute atomic E-state index is 12.3. The van der Waals surface area contributed by atoms with E-state index in [4.69, 9.17) is 0 Å². The van der Waals surface area contributed by atoms with Crippen LogP contribution in [0.4, 0.5) is 10.5 Å². The number of rotatable bonds is 4. The minimum atomic E-state index is -0.935. The zero-order chi connectivity index (χ0) is 16.5. The summed E-state index contributed by atoms with van der Waals surface area (Å²) in [7, 11) is 1.84. The van der Waals surface area contributed by atoms with E-state index in [0.29, 0.717) is 12.2 Å². The molecule has 2 N–H and O–H groups in total. The Morgan fingerprint density at radius 2 is 2.18 bits per heavy atom. The summed E-state index contributed by atoms with van der Waals surface area (Å²) in [4.78, 5) is 18.2. The third kappa shape index (κ3) is 3.54. The van der Waals surface area contributed by atoms with Gasteiger partial charge in [0.2, 0.25) is 0 Å². The molecule has 7 nitrogen and oxygen atoms in total. The number of nitrogens with zero attached hydrogens (tertiary/aromatic N) is 4. The third-order valence-corrected chi connectivity index (χ3v) is 3.36. The van der Waals surface area contributed by atoms with E-state index in [1.54, 1.807) is 29.6 Å². The van der Waals surface area contributed by atoms with Crippen LogP contribution in [0.15, 0.2) is 12.3 Å². The Balaban J connectivity index is 2.19. The predicted molar refractivity (Wildman–Crippen MR) is 85.8 cm³/mol. The van der Waals surface area contributed by atoms with Crippen LogP contribution in [-0.2, 0) is 7.05 Å². The molecule has 0 radical (unpaired) electrons. The molecule has 22 heavy (non-hydrogen) atoms. The van der Waals surface area contributed by atoms with E-state index < -0.39 is 5.60 Å². The molecule has 0 saturated carbocycles. The van der Waals surface area contributed by atoms with Crippen LogP contribution in [0.1, 0.15) is 26.5 Å². The number of carbonyl (C=O) groups is 1. The Morgan fingerprint density at radius 1 is 1.50 bits per heavy atom. The van der Waals surface area contributed by atoms with Crippen molar-refractivity contribution in [2.45, 2.75) is 33.3 Å². The molecule has 2 aromatic heterocycles. The van der Waals surface area contributed by atoms with Crippen molar-refractivity contribution in [2.75, 3.05) is 18.4 Å². The van der Waals surface area contributed by atoms with Gasteiger partial charge < -0.3 is 15.3 Å². The minimum absolute atomic E-state index is 0.257. The number of aliphatic hydroxyl groups is 1. The fourth-order valence-electron chi connectivity index (χ4n) is 2.37. The largest absolute Gasteiger partial charge is 0.389 e. The van der Waals surface area contributed by atoms with Gasteiger partial charge in [-0.15, -0.1) is 0 Å². The second-order valence-electron chi connectivity index (χ2n) is 6.06. The Labute approximate surface area is 129 Å². The van der Waals surface area contributed by atoms with Gasteiger partial charge in [0.05, 0.1) is 29.7 Å². The maximum Gasteiger partial charge on any atom is 0.321 e. The van der Waals surface area contributed by atoms with Crippen LogP contribution in [0.3, 0.4) is 0 Å². The van der Waals surface area contributed by atoms with Crippen molar-refractivity contribution in [3.63, 3.8) is 0 Å². The average Bonchev–Trinajstić information content (AvgIpc) is 2.70. The highest BCUT2D eigenvalue weighted by atomic mass is 16.3. The highest BCUT2D eigenvalue weighted by Crippen LogP contribution is 2.19. The Hall–Kier alpha value is -2.15. The third-order valence-electron chi connectivity index (χ3n) is 3.36. The monoisotopic (exact) mass is 305 g/mol. The van der Waals surface area contributed by atoms with Gasteiger partial charge in [-0.3, -0.25) is 4.68 Å². The van der Waals surface area contributed by atoms with E-state index in [1.807, 2.05) is 27.0 Å². The number of urea groups is 1. The van der Waals surface area contributed by atoms with E-state index in [-0.39, 0.29) is 12.6 Å². The molecular weight excluding hydrogens is 282 g/mol. The molecule has 0 bridgehead atoms. The summed E-state index contributed by atoms with van der Waals surface area (Å²) in [6.07, 6.45) is 1.61. The zero-order valence-electron chi connectivity index (χ0n) is 13.7. The molecule has 2 amide bonds. The number of aromatic nitrogens is 3. The van der Waals surface area contributed by atoms with Crippen LogP contribution in [-0.4, -0.2) is 49.5 Å². The van der Waals surface area contributed by atoms with Gasteiger partial charge in [0.25, 0.3) is 0 Å². The summed E-state index contributed by atoms with van der Waals surface area (Å²) >= 11 is 0. The summed E-state index contributed by atoms with van der Waals surface area (Å²) in [5.41, 5.74) is 1.32. The number of fused-ring (bicyclic) bond motifs is 1. The van der Waals surface area contributed by atoms with Crippen molar-refractivity contribution >= 4 is 22.8 Å². The zero-order valence-corrected chi connectivity index (χ0v) is 13.7. The van der Waals surface area contributed by atoms with Gasteiger partial charge in [-0.2, -0.15) is 5.10 Å². The lowest BCUT2D eigenvalue weighted by Gasteiger charge is -2.28. The first-order valence-corrected chi connectivity index (χ1v) is 7.29. The first-order valence-electron chi connectivity index (χ1n) is 7.29. The molecule has 0 aliphatic heterocycles. The number of hydrogen-bond donors (Lipinski definition) is 2. The number of likely N-dealkylation sites (N-methyl/N-ethyl adjacent to an activating group) is 1. The number of pyridine rings is 1. The lowest BCUT2D eigenvalue weighted by atomic mass is 10.1. The standard InChI is InChI=1S/C15H23N5O2/c1-6-20(9-15(3,4)22)14(21)17-11-7-12-10(2)18-19(5)13(12)16-8-11/h7-8,22H,6,9H2,1-5H3,(H,17,21). The number of anilines is 1. The molecule has 0 atom stereocenters. The van der Waals surface area contributed by atoms with Gasteiger partial charge in [-0.25, -0.2) is 9.78 Å². The summed E-state index contributed by atoms with van der Waals surface area (Å²) < 4.78 is 1.71. The van der Waals surface area contributed by atoms with Crippen LogP contribution in [0, 0.1) is 6.92 Å². The normalized spacial score (nSPS) is 11.7. The van der Waals surface area contributed by atoms with Crippen molar-refractivity contribution < 1.29 is 9.90 Å². The predicted octanol–water partition coefficient (Wildman–Crippen LogP) is 1.90. The molecule has 0 fully saturated rings. The van der Waals surface area contributed by atoms with E-state index in [2.05, 4.69) is 15.4 Å². The van der Waals surface area contributed by atoms with Crippen molar-refractivity contribution in [1.29, 1.82) is 0 Å². The quantitative estimate of drug-likeness (QED) is 0.903. The maximum atomic E-state index is 12.3. The Morgan fingerprint density at radius 3 is 2.77 bits per heavy atom. The summed E-state index contributed by atoms with van der Waals surface area (Å²) in [6, 6.07) is 1.60. The highest BCUT2D eigenvalue weighted by molar-refractivity contribution is 5.92. The van der Waals surface area contributed by atoms with E-state index in [1.165, 1.54) is 0 Å². The molecule has 0 aliphatic rings. The fraction of sp³-hybridized carbons (Fsp3) is 0.533. The molecule has 0 saturated heterocycles. The molecule has 0 spiro atoms. The SMILES string of the molecule is CCN(CC(C)(C)O)C(=O)Nc1cnc2c(c1)c(C)nn2C. The summed E-state index contributed by atoms with van der Waals surface area (Å²) in [5.74, 6) is 0. The minimum Gasteiger partial charge on any atom is -0.389 e. The smallest absolute Gasteiger partial charge is 0.321 e. The number of nitrogens with one attached hydrogen (secondary N) is 1. The second kappa shape index (κ2) is 5.92.